The van der Waals surface area contributed by atoms with Crippen molar-refractivity contribution in [3.63, 3.8) is 0 Å². The van der Waals surface area contributed by atoms with E-state index < -0.39 is 5.91 Å². The minimum Gasteiger partial charge on any atom is -0.290 e. The van der Waals surface area contributed by atoms with Crippen LogP contribution in [-0.2, 0) is 16.1 Å². The molecule has 2 heterocycles. The third-order valence-electron chi connectivity index (χ3n) is 2.69. The van der Waals surface area contributed by atoms with E-state index in [4.69, 9.17) is 5.84 Å². The summed E-state index contributed by atoms with van der Waals surface area (Å²) in [6.07, 6.45) is 1.86. The molecule has 3 amide bonds. The summed E-state index contributed by atoms with van der Waals surface area (Å²) >= 11 is 0. The number of likely N-dealkylation sites (tertiary alicyclic amines) is 1. The van der Waals surface area contributed by atoms with Crippen molar-refractivity contribution in [2.75, 3.05) is 0 Å². The molecular formula is C11H12N4O3. The molecule has 2 rings (SSSR count). The summed E-state index contributed by atoms with van der Waals surface area (Å²) in [5.41, 5.74) is 2.86. The highest BCUT2D eigenvalue weighted by Crippen LogP contribution is 2.14. The summed E-state index contributed by atoms with van der Waals surface area (Å²) < 4.78 is 0. The maximum absolute atomic E-state index is 11.4. The van der Waals surface area contributed by atoms with E-state index in [0.29, 0.717) is 11.3 Å². The van der Waals surface area contributed by atoms with Gasteiger partial charge in [-0.2, -0.15) is 0 Å². The van der Waals surface area contributed by atoms with Gasteiger partial charge in [-0.25, -0.2) is 5.84 Å². The number of pyridine rings is 1. The molecule has 0 spiro atoms. The molecule has 94 valence electrons. The van der Waals surface area contributed by atoms with Crippen LogP contribution in [0.3, 0.4) is 0 Å². The lowest BCUT2D eigenvalue weighted by atomic mass is 10.2. The Balaban J connectivity index is 2.09. The van der Waals surface area contributed by atoms with Crippen molar-refractivity contribution < 1.29 is 14.4 Å². The number of carbonyl (C=O) groups is 3. The number of hydrazine groups is 1. The van der Waals surface area contributed by atoms with Gasteiger partial charge in [0.15, 0.2) is 0 Å². The van der Waals surface area contributed by atoms with E-state index in [1.54, 1.807) is 6.07 Å². The maximum atomic E-state index is 11.4. The van der Waals surface area contributed by atoms with Crippen LogP contribution in [-0.4, -0.2) is 27.6 Å². The summed E-state index contributed by atoms with van der Waals surface area (Å²) in [6, 6.07) is 3.12. The number of imide groups is 1. The Morgan fingerprint density at radius 3 is 2.50 bits per heavy atom. The first kappa shape index (κ1) is 12.2. The highest BCUT2D eigenvalue weighted by atomic mass is 16.2. The molecule has 1 fully saturated rings. The number of nitrogen functional groups attached to an aromatic ring is 1. The largest absolute Gasteiger partial charge is 0.290 e. The molecule has 7 heteroatoms. The van der Waals surface area contributed by atoms with Crippen molar-refractivity contribution >= 4 is 17.7 Å². The number of hydrogen-bond donors (Lipinski definition) is 2. The van der Waals surface area contributed by atoms with Gasteiger partial charge in [0.25, 0.3) is 5.91 Å². The second-order valence-electron chi connectivity index (χ2n) is 3.89. The van der Waals surface area contributed by atoms with Crippen LogP contribution in [0.15, 0.2) is 18.3 Å². The van der Waals surface area contributed by atoms with Gasteiger partial charge in [-0.15, -0.1) is 0 Å². The molecule has 1 aromatic heterocycles. The topological polar surface area (TPSA) is 105 Å². The van der Waals surface area contributed by atoms with Crippen LogP contribution in [0.1, 0.15) is 28.9 Å². The molecule has 1 aliphatic rings. The van der Waals surface area contributed by atoms with Gasteiger partial charge in [0.1, 0.15) is 0 Å². The lowest BCUT2D eigenvalue weighted by Crippen LogP contribution is -2.30. The van der Waals surface area contributed by atoms with E-state index in [-0.39, 0.29) is 31.2 Å². The molecule has 18 heavy (non-hydrogen) atoms. The Morgan fingerprint density at radius 2 is 2.00 bits per heavy atom. The molecular weight excluding hydrogens is 236 g/mol. The molecule has 3 N–H and O–H groups in total. The summed E-state index contributed by atoms with van der Waals surface area (Å²) in [5, 5.41) is 0. The van der Waals surface area contributed by atoms with Gasteiger partial charge in [0.2, 0.25) is 11.8 Å². The monoisotopic (exact) mass is 248 g/mol. The zero-order chi connectivity index (χ0) is 13.1. The maximum Gasteiger partial charge on any atom is 0.266 e. The zero-order valence-electron chi connectivity index (χ0n) is 9.55. The fourth-order valence-electron chi connectivity index (χ4n) is 1.70. The highest BCUT2D eigenvalue weighted by Gasteiger charge is 2.28. The zero-order valence-corrected chi connectivity index (χ0v) is 9.55. The summed E-state index contributed by atoms with van der Waals surface area (Å²) in [6.45, 7) is 0.141. The molecule has 1 aliphatic heterocycles. The number of carbonyl (C=O) groups excluding carboxylic acids is 3. The smallest absolute Gasteiger partial charge is 0.266 e. The Kier molecular flexibility index (Phi) is 3.33. The Hall–Kier alpha value is -2.28. The molecule has 0 unspecified atom stereocenters. The van der Waals surface area contributed by atoms with Crippen molar-refractivity contribution in [2.24, 2.45) is 5.84 Å². The lowest BCUT2D eigenvalue weighted by molar-refractivity contribution is -0.139. The van der Waals surface area contributed by atoms with Gasteiger partial charge in [-0.3, -0.25) is 29.7 Å². The average molecular weight is 248 g/mol. The van der Waals surface area contributed by atoms with Crippen LogP contribution in [0.5, 0.6) is 0 Å². The standard InChI is InChI=1S/C11H12N4O3/c12-14-11(18)7-1-2-8(13-5-7)6-15-9(16)3-4-10(15)17/h1-2,5H,3-4,6,12H2,(H,14,18). The second-order valence-corrected chi connectivity index (χ2v) is 3.89. The van der Waals surface area contributed by atoms with Gasteiger partial charge < -0.3 is 0 Å². The minimum absolute atomic E-state index is 0.141. The molecule has 1 saturated heterocycles. The molecule has 7 nitrogen and oxygen atoms in total. The van der Waals surface area contributed by atoms with Gasteiger partial charge in [-0.1, -0.05) is 0 Å². The summed E-state index contributed by atoms with van der Waals surface area (Å²) in [4.78, 5) is 39.2. The van der Waals surface area contributed by atoms with E-state index in [1.807, 2.05) is 5.43 Å². The van der Waals surface area contributed by atoms with Gasteiger partial charge in [0, 0.05) is 19.0 Å². The fourth-order valence-corrected chi connectivity index (χ4v) is 1.70. The lowest BCUT2D eigenvalue weighted by Gasteiger charge is -2.12. The van der Waals surface area contributed by atoms with Crippen LogP contribution in [0.2, 0.25) is 0 Å². The molecule has 0 saturated carbocycles. The predicted molar refractivity (Wildman–Crippen MR) is 60.7 cm³/mol. The van der Waals surface area contributed by atoms with Crippen LogP contribution < -0.4 is 11.3 Å². The Morgan fingerprint density at radius 1 is 1.33 bits per heavy atom. The van der Waals surface area contributed by atoms with Crippen LogP contribution in [0.4, 0.5) is 0 Å². The van der Waals surface area contributed by atoms with E-state index in [2.05, 4.69) is 4.98 Å². The molecule has 0 aromatic carbocycles. The normalized spacial score (nSPS) is 15.1. The predicted octanol–water partition coefficient (Wildman–Crippen LogP) is -0.666. The van der Waals surface area contributed by atoms with E-state index >= 15 is 0 Å². The van der Waals surface area contributed by atoms with E-state index in [0.717, 1.165) is 0 Å². The highest BCUT2D eigenvalue weighted by molar-refractivity contribution is 6.01. The first-order chi connectivity index (χ1) is 8.61. The number of aromatic nitrogens is 1. The number of amides is 3. The SMILES string of the molecule is NNC(=O)c1ccc(CN2C(=O)CCC2=O)nc1. The number of nitrogens with zero attached hydrogens (tertiary/aromatic N) is 2. The van der Waals surface area contributed by atoms with Gasteiger partial charge in [0.05, 0.1) is 17.8 Å². The van der Waals surface area contributed by atoms with E-state index in [9.17, 15) is 14.4 Å². The van der Waals surface area contributed by atoms with Crippen molar-refractivity contribution in [2.45, 2.75) is 19.4 Å². The molecule has 1 aromatic rings. The van der Waals surface area contributed by atoms with E-state index in [1.165, 1.54) is 17.2 Å². The molecule has 0 radical (unpaired) electrons. The van der Waals surface area contributed by atoms with Crippen molar-refractivity contribution in [1.82, 2.24) is 15.3 Å². The van der Waals surface area contributed by atoms with Gasteiger partial charge >= 0.3 is 0 Å². The van der Waals surface area contributed by atoms with Crippen molar-refractivity contribution in [3.05, 3.63) is 29.6 Å². The van der Waals surface area contributed by atoms with Crippen molar-refractivity contribution in [1.29, 1.82) is 0 Å². The quantitative estimate of drug-likeness (QED) is 0.319. The number of nitrogens with two attached hydrogens (primary N) is 1. The second kappa shape index (κ2) is 4.92. The molecule has 0 bridgehead atoms. The first-order valence-electron chi connectivity index (χ1n) is 5.41. The number of hydrogen-bond acceptors (Lipinski definition) is 5. The number of nitrogens with one attached hydrogen (secondary N) is 1. The Bertz CT molecular complexity index is 482. The average Bonchev–Trinajstić information content (AvgIpc) is 2.70. The third-order valence-corrected chi connectivity index (χ3v) is 2.69. The van der Waals surface area contributed by atoms with Crippen LogP contribution in [0.25, 0.3) is 0 Å². The van der Waals surface area contributed by atoms with Crippen LogP contribution in [0, 0.1) is 0 Å². The molecule has 0 aliphatic carbocycles. The van der Waals surface area contributed by atoms with Crippen LogP contribution >= 0.6 is 0 Å². The Labute approximate surface area is 103 Å². The fraction of sp³-hybridized carbons (Fsp3) is 0.273. The van der Waals surface area contributed by atoms with Crippen molar-refractivity contribution in [3.8, 4) is 0 Å². The molecule has 0 atom stereocenters. The van der Waals surface area contributed by atoms with Gasteiger partial charge in [-0.05, 0) is 12.1 Å². The third kappa shape index (κ3) is 2.35. The summed E-state index contributed by atoms with van der Waals surface area (Å²) in [7, 11) is 0. The first-order valence-corrected chi connectivity index (χ1v) is 5.41. The number of rotatable bonds is 3. The minimum atomic E-state index is -0.442. The summed E-state index contributed by atoms with van der Waals surface area (Å²) in [5.74, 6) is 4.16.